The lowest BCUT2D eigenvalue weighted by Crippen LogP contribution is -2.16. The van der Waals surface area contributed by atoms with Gasteiger partial charge in [-0.25, -0.2) is 0 Å². The van der Waals surface area contributed by atoms with E-state index in [1.165, 1.54) is 11.4 Å². The zero-order chi connectivity index (χ0) is 11.5. The van der Waals surface area contributed by atoms with Crippen LogP contribution in [0.4, 0.5) is 0 Å². The van der Waals surface area contributed by atoms with Crippen LogP contribution in [0.25, 0.3) is 0 Å². The summed E-state index contributed by atoms with van der Waals surface area (Å²) in [5, 5.41) is 7.69. The monoisotopic (exact) mass is 209 g/mol. The average Bonchev–Trinajstić information content (AvgIpc) is 2.47. The molecule has 1 aromatic heterocycles. The molecule has 0 aliphatic carbocycles. The van der Waals surface area contributed by atoms with E-state index in [1.54, 1.807) is 0 Å². The van der Waals surface area contributed by atoms with Crippen molar-refractivity contribution in [2.75, 3.05) is 13.6 Å². The lowest BCUT2D eigenvalue weighted by molar-refractivity contribution is 0.522. The van der Waals surface area contributed by atoms with Gasteiger partial charge in [-0.1, -0.05) is 20.8 Å². The smallest absolute Gasteiger partial charge is 0.0628 e. The van der Waals surface area contributed by atoms with E-state index in [4.69, 9.17) is 0 Å². The highest BCUT2D eigenvalue weighted by Gasteiger charge is 2.18. The molecular formula is C12H23N3. The Balaban J connectivity index is 2.69. The maximum absolute atomic E-state index is 4.54. The molecule has 0 unspecified atom stereocenters. The summed E-state index contributed by atoms with van der Waals surface area (Å²) in [5.41, 5.74) is 2.70. The molecule has 3 heteroatoms. The van der Waals surface area contributed by atoms with Crippen LogP contribution in [-0.2, 0) is 18.9 Å². The largest absolute Gasteiger partial charge is 0.320 e. The lowest BCUT2D eigenvalue weighted by atomic mass is 9.92. The van der Waals surface area contributed by atoms with E-state index in [9.17, 15) is 0 Å². The minimum absolute atomic E-state index is 0.184. The highest BCUT2D eigenvalue weighted by molar-refractivity contribution is 5.17. The summed E-state index contributed by atoms with van der Waals surface area (Å²) in [6.07, 6.45) is 2.21. The maximum atomic E-state index is 4.54. The van der Waals surface area contributed by atoms with Gasteiger partial charge >= 0.3 is 0 Å². The fraction of sp³-hybridized carbons (Fsp3) is 0.750. The van der Waals surface area contributed by atoms with E-state index in [-0.39, 0.29) is 5.41 Å². The Kier molecular flexibility index (Phi) is 3.91. The quantitative estimate of drug-likeness (QED) is 0.767. The van der Waals surface area contributed by atoms with Crippen LogP contribution in [-0.4, -0.2) is 23.4 Å². The van der Waals surface area contributed by atoms with Crippen molar-refractivity contribution in [2.45, 2.75) is 39.0 Å². The number of aromatic nitrogens is 2. The molecule has 0 amide bonds. The van der Waals surface area contributed by atoms with Crippen LogP contribution in [0.5, 0.6) is 0 Å². The molecule has 1 rings (SSSR count). The molecule has 3 nitrogen and oxygen atoms in total. The van der Waals surface area contributed by atoms with Gasteiger partial charge in [0.2, 0.25) is 0 Å². The molecule has 86 valence electrons. The van der Waals surface area contributed by atoms with Crippen molar-refractivity contribution in [3.8, 4) is 0 Å². The summed E-state index contributed by atoms with van der Waals surface area (Å²) in [5.74, 6) is 0. The van der Waals surface area contributed by atoms with Crippen LogP contribution in [0.15, 0.2) is 6.07 Å². The standard InChI is InChI=1S/C12H23N3/c1-12(2,3)11-9-10(14-15(11)5)7-6-8-13-4/h9,13H,6-8H2,1-5H3. The van der Waals surface area contributed by atoms with E-state index in [2.05, 4.69) is 37.3 Å². The molecule has 0 spiro atoms. The molecule has 0 saturated carbocycles. The van der Waals surface area contributed by atoms with Crippen molar-refractivity contribution in [3.05, 3.63) is 17.5 Å². The predicted octanol–water partition coefficient (Wildman–Crippen LogP) is 1.87. The third-order valence-electron chi connectivity index (χ3n) is 2.56. The Labute approximate surface area is 92.9 Å². The van der Waals surface area contributed by atoms with Crippen LogP contribution in [0.3, 0.4) is 0 Å². The predicted molar refractivity (Wildman–Crippen MR) is 64.2 cm³/mol. The average molecular weight is 209 g/mol. The van der Waals surface area contributed by atoms with E-state index in [1.807, 2.05) is 18.8 Å². The Morgan fingerprint density at radius 2 is 2.07 bits per heavy atom. The van der Waals surface area contributed by atoms with E-state index in [0.717, 1.165) is 19.4 Å². The summed E-state index contributed by atoms with van der Waals surface area (Å²) in [6, 6.07) is 2.23. The molecule has 0 bridgehead atoms. The first-order valence-electron chi connectivity index (χ1n) is 5.63. The van der Waals surface area contributed by atoms with Crippen molar-refractivity contribution in [1.82, 2.24) is 15.1 Å². The van der Waals surface area contributed by atoms with Gasteiger partial charge in [-0.3, -0.25) is 4.68 Å². The van der Waals surface area contributed by atoms with Crippen molar-refractivity contribution < 1.29 is 0 Å². The third kappa shape index (κ3) is 3.34. The van der Waals surface area contributed by atoms with Gasteiger partial charge in [-0.15, -0.1) is 0 Å². The zero-order valence-corrected chi connectivity index (χ0v) is 10.6. The molecular weight excluding hydrogens is 186 g/mol. The number of nitrogens with zero attached hydrogens (tertiary/aromatic N) is 2. The molecule has 15 heavy (non-hydrogen) atoms. The summed E-state index contributed by atoms with van der Waals surface area (Å²) in [7, 11) is 4.02. The van der Waals surface area contributed by atoms with Crippen LogP contribution >= 0.6 is 0 Å². The van der Waals surface area contributed by atoms with Crippen molar-refractivity contribution in [1.29, 1.82) is 0 Å². The third-order valence-corrected chi connectivity index (χ3v) is 2.56. The zero-order valence-electron chi connectivity index (χ0n) is 10.6. The second kappa shape index (κ2) is 4.79. The van der Waals surface area contributed by atoms with E-state index in [0.29, 0.717) is 0 Å². The first-order valence-corrected chi connectivity index (χ1v) is 5.63. The number of aryl methyl sites for hydroxylation is 2. The highest BCUT2D eigenvalue weighted by Crippen LogP contribution is 2.22. The van der Waals surface area contributed by atoms with E-state index >= 15 is 0 Å². The SMILES string of the molecule is CNCCCc1cc(C(C)(C)C)n(C)n1. The molecule has 0 saturated heterocycles. The minimum Gasteiger partial charge on any atom is -0.320 e. The number of hydrogen-bond acceptors (Lipinski definition) is 2. The summed E-state index contributed by atoms with van der Waals surface area (Å²) in [6.45, 7) is 7.73. The minimum atomic E-state index is 0.184. The second-order valence-corrected chi connectivity index (χ2v) is 5.10. The van der Waals surface area contributed by atoms with Gasteiger partial charge in [0.1, 0.15) is 0 Å². The van der Waals surface area contributed by atoms with Gasteiger partial charge in [0.05, 0.1) is 5.69 Å². The van der Waals surface area contributed by atoms with Gasteiger partial charge in [-0.05, 0) is 32.5 Å². The van der Waals surface area contributed by atoms with E-state index < -0.39 is 0 Å². The van der Waals surface area contributed by atoms with Crippen LogP contribution in [0.2, 0.25) is 0 Å². The Morgan fingerprint density at radius 3 is 2.53 bits per heavy atom. The number of nitrogens with one attached hydrogen (secondary N) is 1. The normalized spacial score (nSPS) is 12.1. The second-order valence-electron chi connectivity index (χ2n) is 5.10. The number of rotatable bonds is 4. The van der Waals surface area contributed by atoms with Gasteiger partial charge in [0.25, 0.3) is 0 Å². The molecule has 0 atom stereocenters. The molecule has 1 aromatic rings. The first-order chi connectivity index (χ1) is 6.95. The molecule has 0 aromatic carbocycles. The van der Waals surface area contributed by atoms with Crippen LogP contribution < -0.4 is 5.32 Å². The van der Waals surface area contributed by atoms with Crippen LogP contribution in [0, 0.1) is 0 Å². The lowest BCUT2D eigenvalue weighted by Gasteiger charge is -2.17. The van der Waals surface area contributed by atoms with Crippen molar-refractivity contribution >= 4 is 0 Å². The van der Waals surface area contributed by atoms with Gasteiger partial charge in [-0.2, -0.15) is 5.10 Å². The molecule has 1 heterocycles. The Hall–Kier alpha value is -0.830. The van der Waals surface area contributed by atoms with Gasteiger partial charge in [0.15, 0.2) is 0 Å². The topological polar surface area (TPSA) is 29.9 Å². The first kappa shape index (κ1) is 12.2. The van der Waals surface area contributed by atoms with Crippen molar-refractivity contribution in [3.63, 3.8) is 0 Å². The maximum Gasteiger partial charge on any atom is 0.0628 e. The summed E-state index contributed by atoms with van der Waals surface area (Å²) >= 11 is 0. The Bertz CT molecular complexity index is 307. The fourth-order valence-corrected chi connectivity index (χ4v) is 1.80. The number of hydrogen-bond donors (Lipinski definition) is 1. The highest BCUT2D eigenvalue weighted by atomic mass is 15.3. The molecule has 0 aliphatic heterocycles. The molecule has 1 N–H and O–H groups in total. The molecule has 0 aliphatic rings. The summed E-state index contributed by atoms with van der Waals surface area (Å²) < 4.78 is 2.01. The van der Waals surface area contributed by atoms with Crippen LogP contribution in [0.1, 0.15) is 38.6 Å². The fourth-order valence-electron chi connectivity index (χ4n) is 1.80. The molecule has 0 fully saturated rings. The van der Waals surface area contributed by atoms with Gasteiger partial charge < -0.3 is 5.32 Å². The van der Waals surface area contributed by atoms with Gasteiger partial charge in [0, 0.05) is 18.2 Å². The Morgan fingerprint density at radius 1 is 1.40 bits per heavy atom. The summed E-state index contributed by atoms with van der Waals surface area (Å²) in [4.78, 5) is 0. The van der Waals surface area contributed by atoms with Crippen molar-refractivity contribution in [2.24, 2.45) is 7.05 Å². The molecule has 0 radical (unpaired) electrons.